The summed E-state index contributed by atoms with van der Waals surface area (Å²) in [6.07, 6.45) is 2.59. The molecule has 0 aliphatic carbocycles. The van der Waals surface area contributed by atoms with E-state index < -0.39 is 0 Å². The van der Waals surface area contributed by atoms with Gasteiger partial charge in [-0.05, 0) is 51.2 Å². The highest BCUT2D eigenvalue weighted by Gasteiger charge is 2.22. The fourth-order valence-corrected chi connectivity index (χ4v) is 3.00. The van der Waals surface area contributed by atoms with Crippen molar-refractivity contribution < 1.29 is 4.74 Å². The van der Waals surface area contributed by atoms with Gasteiger partial charge in [-0.1, -0.05) is 6.07 Å². The molecule has 1 atom stereocenters. The number of amidine groups is 1. The maximum atomic E-state index is 7.54. The minimum Gasteiger partial charge on any atom is -0.496 e. The summed E-state index contributed by atoms with van der Waals surface area (Å²) in [5.41, 5.74) is 7.39. The van der Waals surface area contributed by atoms with Gasteiger partial charge in [0.05, 0.1) is 12.7 Å². The number of ether oxygens (including phenoxy) is 1. The van der Waals surface area contributed by atoms with Crippen LogP contribution in [0.4, 0.5) is 0 Å². The lowest BCUT2D eigenvalue weighted by atomic mass is 10.1. The summed E-state index contributed by atoms with van der Waals surface area (Å²) in [5, 5.41) is 7.54. The molecule has 3 N–H and O–H groups in total. The number of hydrogen-bond acceptors (Lipinski definition) is 4. The zero-order valence-corrected chi connectivity index (χ0v) is 13.2. The fourth-order valence-electron chi connectivity index (χ4n) is 3.00. The molecule has 5 nitrogen and oxygen atoms in total. The van der Waals surface area contributed by atoms with Crippen LogP contribution in [0.3, 0.4) is 0 Å². The molecule has 0 spiro atoms. The van der Waals surface area contributed by atoms with Crippen molar-refractivity contribution >= 4 is 5.84 Å². The fraction of sp³-hybridized carbons (Fsp3) is 0.562. The van der Waals surface area contributed by atoms with E-state index in [0.29, 0.717) is 17.4 Å². The summed E-state index contributed by atoms with van der Waals surface area (Å²) in [7, 11) is 5.97. The van der Waals surface area contributed by atoms with Gasteiger partial charge >= 0.3 is 0 Å². The Morgan fingerprint density at radius 2 is 2.29 bits per heavy atom. The van der Waals surface area contributed by atoms with Crippen LogP contribution in [0.15, 0.2) is 18.2 Å². The molecule has 1 saturated heterocycles. The molecule has 2 rings (SSSR count). The van der Waals surface area contributed by atoms with E-state index in [4.69, 9.17) is 15.9 Å². The Labute approximate surface area is 127 Å². The third kappa shape index (κ3) is 3.95. The summed E-state index contributed by atoms with van der Waals surface area (Å²) in [4.78, 5) is 4.78. The van der Waals surface area contributed by atoms with E-state index in [0.717, 1.165) is 13.1 Å². The second-order valence-corrected chi connectivity index (χ2v) is 5.92. The first-order valence-electron chi connectivity index (χ1n) is 7.41. The van der Waals surface area contributed by atoms with E-state index in [1.807, 2.05) is 18.2 Å². The Balaban J connectivity index is 2.00. The minimum atomic E-state index is 0.0411. The lowest BCUT2D eigenvalue weighted by Crippen LogP contribution is -2.36. The highest BCUT2D eigenvalue weighted by molar-refractivity contribution is 5.97. The van der Waals surface area contributed by atoms with Gasteiger partial charge in [-0.15, -0.1) is 0 Å². The van der Waals surface area contributed by atoms with Gasteiger partial charge in [-0.2, -0.15) is 0 Å². The number of nitrogen functional groups attached to an aromatic ring is 1. The Morgan fingerprint density at radius 1 is 1.52 bits per heavy atom. The topological polar surface area (TPSA) is 65.6 Å². The van der Waals surface area contributed by atoms with Crippen molar-refractivity contribution in [3.8, 4) is 5.75 Å². The van der Waals surface area contributed by atoms with E-state index in [-0.39, 0.29) is 5.84 Å². The van der Waals surface area contributed by atoms with Crippen molar-refractivity contribution in [1.29, 1.82) is 5.41 Å². The normalized spacial score (nSPS) is 19.1. The summed E-state index contributed by atoms with van der Waals surface area (Å²) in [6.45, 7) is 3.16. The van der Waals surface area contributed by atoms with Gasteiger partial charge in [0.2, 0.25) is 0 Å². The van der Waals surface area contributed by atoms with Crippen LogP contribution >= 0.6 is 0 Å². The molecular weight excluding hydrogens is 264 g/mol. The molecule has 21 heavy (non-hydrogen) atoms. The lowest BCUT2D eigenvalue weighted by Gasteiger charge is -2.26. The van der Waals surface area contributed by atoms with Gasteiger partial charge in [0.15, 0.2) is 0 Å². The van der Waals surface area contributed by atoms with Gasteiger partial charge in [0, 0.05) is 19.1 Å². The summed E-state index contributed by atoms with van der Waals surface area (Å²) < 4.78 is 5.33. The van der Waals surface area contributed by atoms with Crippen LogP contribution in [0.25, 0.3) is 0 Å². The first kappa shape index (κ1) is 15.8. The number of rotatable bonds is 6. The van der Waals surface area contributed by atoms with E-state index in [9.17, 15) is 0 Å². The van der Waals surface area contributed by atoms with Crippen molar-refractivity contribution in [3.63, 3.8) is 0 Å². The molecular formula is C16H26N4O. The molecule has 0 amide bonds. The van der Waals surface area contributed by atoms with Crippen LogP contribution in [-0.4, -0.2) is 56.0 Å². The number of likely N-dealkylation sites (tertiary alicyclic amines) is 1. The highest BCUT2D eigenvalue weighted by Crippen LogP contribution is 2.21. The third-order valence-electron chi connectivity index (χ3n) is 4.20. The standard InChI is InChI=1S/C16H26N4O/c1-19(11-13-5-4-8-20(13)2)10-12-6-7-14(16(17)18)15(9-12)21-3/h6-7,9,13H,4-5,8,10-11H2,1-3H3,(H3,17,18). The smallest absolute Gasteiger partial charge is 0.130 e. The number of methoxy groups -OCH3 is 1. The molecule has 0 radical (unpaired) electrons. The second-order valence-electron chi connectivity index (χ2n) is 5.92. The average molecular weight is 290 g/mol. The first-order chi connectivity index (χ1) is 10.0. The van der Waals surface area contributed by atoms with Gasteiger partial charge in [0.25, 0.3) is 0 Å². The summed E-state index contributed by atoms with van der Waals surface area (Å²) >= 11 is 0. The van der Waals surface area contributed by atoms with Crippen molar-refractivity contribution in [1.82, 2.24) is 9.80 Å². The number of benzene rings is 1. The van der Waals surface area contributed by atoms with Gasteiger partial charge in [-0.3, -0.25) is 5.41 Å². The zero-order valence-electron chi connectivity index (χ0n) is 13.2. The van der Waals surface area contributed by atoms with Crippen molar-refractivity contribution in [2.75, 3.05) is 34.3 Å². The predicted molar refractivity (Wildman–Crippen MR) is 86.0 cm³/mol. The number of nitrogens with one attached hydrogen (secondary N) is 1. The van der Waals surface area contributed by atoms with Crippen LogP contribution < -0.4 is 10.5 Å². The first-order valence-corrected chi connectivity index (χ1v) is 7.41. The zero-order chi connectivity index (χ0) is 15.4. The number of likely N-dealkylation sites (N-methyl/N-ethyl adjacent to an activating group) is 2. The Bertz CT molecular complexity index is 503. The predicted octanol–water partition coefficient (Wildman–Crippen LogP) is 1.51. The van der Waals surface area contributed by atoms with Crippen LogP contribution in [0.5, 0.6) is 5.75 Å². The summed E-state index contributed by atoms with van der Waals surface area (Å²) in [6, 6.07) is 6.53. The molecule has 0 aromatic heterocycles. The largest absolute Gasteiger partial charge is 0.496 e. The molecule has 1 heterocycles. The number of nitrogens with zero attached hydrogens (tertiary/aromatic N) is 2. The molecule has 5 heteroatoms. The molecule has 0 saturated carbocycles. The highest BCUT2D eigenvalue weighted by atomic mass is 16.5. The van der Waals surface area contributed by atoms with Crippen molar-refractivity contribution in [2.24, 2.45) is 5.73 Å². The molecule has 1 aromatic rings. The number of hydrogen-bond donors (Lipinski definition) is 2. The molecule has 1 fully saturated rings. The van der Waals surface area contributed by atoms with Crippen LogP contribution in [0.1, 0.15) is 24.0 Å². The lowest BCUT2D eigenvalue weighted by molar-refractivity contribution is 0.215. The molecule has 1 aliphatic heterocycles. The quantitative estimate of drug-likeness (QED) is 0.615. The van der Waals surface area contributed by atoms with E-state index in [2.05, 4.69) is 23.9 Å². The van der Waals surface area contributed by atoms with E-state index in [1.165, 1.54) is 24.9 Å². The molecule has 1 aliphatic rings. The van der Waals surface area contributed by atoms with Gasteiger partial charge in [-0.25, -0.2) is 0 Å². The maximum absolute atomic E-state index is 7.54. The van der Waals surface area contributed by atoms with Crippen molar-refractivity contribution in [3.05, 3.63) is 29.3 Å². The minimum absolute atomic E-state index is 0.0411. The van der Waals surface area contributed by atoms with Crippen LogP contribution in [0, 0.1) is 5.41 Å². The molecule has 116 valence electrons. The van der Waals surface area contributed by atoms with E-state index in [1.54, 1.807) is 7.11 Å². The monoisotopic (exact) mass is 290 g/mol. The molecule has 1 unspecified atom stereocenters. The molecule has 1 aromatic carbocycles. The third-order valence-corrected chi connectivity index (χ3v) is 4.20. The van der Waals surface area contributed by atoms with Crippen LogP contribution in [-0.2, 0) is 6.54 Å². The van der Waals surface area contributed by atoms with Crippen molar-refractivity contribution in [2.45, 2.75) is 25.4 Å². The second kappa shape index (κ2) is 6.91. The Hall–Kier alpha value is -1.59. The van der Waals surface area contributed by atoms with E-state index >= 15 is 0 Å². The van der Waals surface area contributed by atoms with Gasteiger partial charge in [0.1, 0.15) is 11.6 Å². The average Bonchev–Trinajstić information content (AvgIpc) is 2.83. The Kier molecular flexibility index (Phi) is 5.20. The Morgan fingerprint density at radius 3 is 2.86 bits per heavy atom. The van der Waals surface area contributed by atoms with Gasteiger partial charge < -0.3 is 20.3 Å². The van der Waals surface area contributed by atoms with Crippen LogP contribution in [0.2, 0.25) is 0 Å². The maximum Gasteiger partial charge on any atom is 0.130 e. The SMILES string of the molecule is COc1cc(CN(C)CC2CCCN2C)ccc1C(=N)N. The summed E-state index contributed by atoms with van der Waals surface area (Å²) in [5.74, 6) is 0.714. The molecule has 0 bridgehead atoms. The number of nitrogens with two attached hydrogens (primary N) is 1.